The van der Waals surface area contributed by atoms with Crippen molar-refractivity contribution >= 4 is 17.3 Å². The normalized spacial score (nSPS) is 14.2. The van der Waals surface area contributed by atoms with Gasteiger partial charge in [-0.3, -0.25) is 4.79 Å². The molecule has 7 heteroatoms. The molecule has 21 heavy (non-hydrogen) atoms. The molecule has 1 aromatic heterocycles. The van der Waals surface area contributed by atoms with Gasteiger partial charge in [-0.25, -0.2) is 13.2 Å². The van der Waals surface area contributed by atoms with Crippen molar-refractivity contribution in [1.82, 2.24) is 4.57 Å². The SMILES string of the molecule is Nc1cc(C(=O)Nc2cc(F)c(F)cc2F)n(C2CC2)c1. The average Bonchev–Trinajstić information content (AvgIpc) is 3.18. The Morgan fingerprint density at radius 3 is 2.48 bits per heavy atom. The summed E-state index contributed by atoms with van der Waals surface area (Å²) < 4.78 is 41.2. The zero-order chi connectivity index (χ0) is 15.1. The number of nitrogens with zero attached hydrogens (tertiary/aromatic N) is 1. The number of nitrogen functional groups attached to an aromatic ring is 1. The Hall–Kier alpha value is -2.44. The molecule has 3 N–H and O–H groups in total. The Bertz CT molecular complexity index is 722. The lowest BCUT2D eigenvalue weighted by Gasteiger charge is -2.09. The third-order valence-electron chi connectivity index (χ3n) is 3.30. The number of aromatic nitrogens is 1. The van der Waals surface area contributed by atoms with E-state index >= 15 is 0 Å². The maximum atomic E-state index is 13.5. The van der Waals surface area contributed by atoms with Gasteiger partial charge in [0.2, 0.25) is 0 Å². The highest BCUT2D eigenvalue weighted by Gasteiger charge is 2.28. The Morgan fingerprint density at radius 1 is 1.14 bits per heavy atom. The summed E-state index contributed by atoms with van der Waals surface area (Å²) in [5.41, 5.74) is 5.93. The van der Waals surface area contributed by atoms with Crippen molar-refractivity contribution in [2.75, 3.05) is 11.1 Å². The molecule has 1 aromatic carbocycles. The van der Waals surface area contributed by atoms with Crippen LogP contribution in [0.2, 0.25) is 0 Å². The fourth-order valence-corrected chi connectivity index (χ4v) is 2.14. The lowest BCUT2D eigenvalue weighted by atomic mass is 10.2. The van der Waals surface area contributed by atoms with E-state index < -0.39 is 29.0 Å². The molecule has 1 aliphatic rings. The van der Waals surface area contributed by atoms with E-state index in [1.807, 2.05) is 0 Å². The third kappa shape index (κ3) is 2.58. The molecule has 0 radical (unpaired) electrons. The van der Waals surface area contributed by atoms with Crippen LogP contribution < -0.4 is 11.1 Å². The number of benzene rings is 1. The topological polar surface area (TPSA) is 60.1 Å². The largest absolute Gasteiger partial charge is 0.397 e. The fourth-order valence-electron chi connectivity index (χ4n) is 2.14. The molecule has 3 rings (SSSR count). The van der Waals surface area contributed by atoms with Gasteiger partial charge in [-0.2, -0.15) is 0 Å². The minimum Gasteiger partial charge on any atom is -0.397 e. The molecule has 0 unspecified atom stereocenters. The zero-order valence-electron chi connectivity index (χ0n) is 10.9. The van der Waals surface area contributed by atoms with E-state index in [0.29, 0.717) is 17.8 Å². The van der Waals surface area contributed by atoms with Gasteiger partial charge in [0.1, 0.15) is 11.5 Å². The molecule has 1 amide bonds. The van der Waals surface area contributed by atoms with E-state index in [4.69, 9.17) is 5.73 Å². The van der Waals surface area contributed by atoms with Gasteiger partial charge in [0, 0.05) is 24.4 Å². The molecule has 0 atom stereocenters. The first kappa shape index (κ1) is 13.5. The Kier molecular flexibility index (Phi) is 3.12. The molecule has 2 aromatic rings. The summed E-state index contributed by atoms with van der Waals surface area (Å²) in [7, 11) is 0. The molecule has 0 aliphatic heterocycles. The Morgan fingerprint density at radius 2 is 1.81 bits per heavy atom. The van der Waals surface area contributed by atoms with Gasteiger partial charge in [0.05, 0.1) is 11.4 Å². The summed E-state index contributed by atoms with van der Waals surface area (Å²) in [5, 5.41) is 2.23. The fraction of sp³-hybridized carbons (Fsp3) is 0.214. The number of hydrogen-bond donors (Lipinski definition) is 2. The molecule has 1 fully saturated rings. The summed E-state index contributed by atoms with van der Waals surface area (Å²) in [4.78, 5) is 12.2. The van der Waals surface area contributed by atoms with E-state index in [1.54, 1.807) is 10.8 Å². The van der Waals surface area contributed by atoms with Crippen molar-refractivity contribution in [1.29, 1.82) is 0 Å². The lowest BCUT2D eigenvalue weighted by Crippen LogP contribution is -2.17. The second kappa shape index (κ2) is 4.83. The molecule has 4 nitrogen and oxygen atoms in total. The first-order valence-electron chi connectivity index (χ1n) is 6.39. The lowest BCUT2D eigenvalue weighted by molar-refractivity contribution is 0.101. The number of nitrogens with one attached hydrogen (secondary N) is 1. The highest BCUT2D eigenvalue weighted by atomic mass is 19.2. The van der Waals surface area contributed by atoms with Gasteiger partial charge in [-0.15, -0.1) is 0 Å². The van der Waals surface area contributed by atoms with Crippen LogP contribution in [0.5, 0.6) is 0 Å². The third-order valence-corrected chi connectivity index (χ3v) is 3.30. The number of rotatable bonds is 3. The van der Waals surface area contributed by atoms with Crippen LogP contribution in [0.3, 0.4) is 0 Å². The average molecular weight is 295 g/mol. The van der Waals surface area contributed by atoms with E-state index in [1.165, 1.54) is 6.07 Å². The van der Waals surface area contributed by atoms with E-state index in [2.05, 4.69) is 5.32 Å². The molecule has 1 heterocycles. The van der Waals surface area contributed by atoms with Crippen LogP contribution in [0.4, 0.5) is 24.5 Å². The van der Waals surface area contributed by atoms with Gasteiger partial charge in [0.15, 0.2) is 11.6 Å². The van der Waals surface area contributed by atoms with Crippen molar-refractivity contribution < 1.29 is 18.0 Å². The quantitative estimate of drug-likeness (QED) is 0.855. The van der Waals surface area contributed by atoms with Crippen molar-refractivity contribution in [3.05, 3.63) is 47.5 Å². The molecule has 0 bridgehead atoms. The van der Waals surface area contributed by atoms with Gasteiger partial charge in [0.25, 0.3) is 5.91 Å². The van der Waals surface area contributed by atoms with E-state index in [9.17, 15) is 18.0 Å². The highest BCUT2D eigenvalue weighted by Crippen LogP contribution is 2.37. The predicted octanol–water partition coefficient (Wildman–Crippen LogP) is 3.07. The number of carbonyl (C=O) groups excluding carboxylic acids is 1. The van der Waals surface area contributed by atoms with Crippen LogP contribution >= 0.6 is 0 Å². The number of carbonyl (C=O) groups is 1. The standard InChI is InChI=1S/C14H12F3N3O/c15-9-4-11(17)12(5-10(9)16)19-14(21)13-3-7(18)6-20(13)8-1-2-8/h3-6,8H,1-2,18H2,(H,19,21). The summed E-state index contributed by atoms with van der Waals surface area (Å²) in [6, 6.07) is 2.67. The second-order valence-electron chi connectivity index (χ2n) is 5.00. The highest BCUT2D eigenvalue weighted by molar-refractivity contribution is 6.04. The number of anilines is 2. The summed E-state index contributed by atoms with van der Waals surface area (Å²) in [6.07, 6.45) is 3.51. The van der Waals surface area contributed by atoms with Crippen LogP contribution in [-0.4, -0.2) is 10.5 Å². The number of nitrogens with two attached hydrogens (primary N) is 1. The van der Waals surface area contributed by atoms with Crippen LogP contribution in [0.25, 0.3) is 0 Å². The van der Waals surface area contributed by atoms with E-state index in [0.717, 1.165) is 12.8 Å². The molecular weight excluding hydrogens is 283 g/mol. The van der Waals surface area contributed by atoms with Crippen molar-refractivity contribution in [2.45, 2.75) is 18.9 Å². The van der Waals surface area contributed by atoms with Crippen molar-refractivity contribution in [3.63, 3.8) is 0 Å². The summed E-state index contributed by atoms with van der Waals surface area (Å²) >= 11 is 0. The Labute approximate surface area is 118 Å². The minimum absolute atomic E-state index is 0.206. The molecule has 0 spiro atoms. The summed E-state index contributed by atoms with van der Waals surface area (Å²) in [6.45, 7) is 0. The maximum Gasteiger partial charge on any atom is 0.272 e. The second-order valence-corrected chi connectivity index (χ2v) is 5.00. The number of amides is 1. The van der Waals surface area contributed by atoms with Gasteiger partial charge in [-0.05, 0) is 18.9 Å². The monoisotopic (exact) mass is 295 g/mol. The van der Waals surface area contributed by atoms with Crippen molar-refractivity contribution in [2.24, 2.45) is 0 Å². The maximum absolute atomic E-state index is 13.5. The van der Waals surface area contributed by atoms with Crippen LogP contribution in [-0.2, 0) is 0 Å². The molecule has 1 aliphatic carbocycles. The van der Waals surface area contributed by atoms with Crippen LogP contribution in [0.1, 0.15) is 29.4 Å². The Balaban J connectivity index is 1.88. The van der Waals surface area contributed by atoms with Crippen LogP contribution in [0, 0.1) is 17.5 Å². The van der Waals surface area contributed by atoms with E-state index in [-0.39, 0.29) is 11.7 Å². The van der Waals surface area contributed by atoms with Crippen LogP contribution in [0.15, 0.2) is 24.4 Å². The molecule has 1 saturated carbocycles. The minimum atomic E-state index is -1.31. The number of halogens is 3. The van der Waals surface area contributed by atoms with Gasteiger partial charge in [-0.1, -0.05) is 0 Å². The first-order valence-corrected chi connectivity index (χ1v) is 6.39. The van der Waals surface area contributed by atoms with Gasteiger partial charge < -0.3 is 15.6 Å². The van der Waals surface area contributed by atoms with Crippen molar-refractivity contribution in [3.8, 4) is 0 Å². The molecule has 0 saturated heterocycles. The number of hydrogen-bond acceptors (Lipinski definition) is 2. The first-order chi connectivity index (χ1) is 9.95. The predicted molar refractivity (Wildman–Crippen MR) is 71.4 cm³/mol. The zero-order valence-corrected chi connectivity index (χ0v) is 10.9. The van der Waals surface area contributed by atoms with Gasteiger partial charge >= 0.3 is 0 Å². The smallest absolute Gasteiger partial charge is 0.272 e. The molecular formula is C14H12F3N3O. The molecule has 110 valence electrons. The summed E-state index contributed by atoms with van der Waals surface area (Å²) in [5.74, 6) is -4.21.